The maximum Gasteiger partial charge on any atom is 0.320 e. The SMILES string of the molecule is CCC(NCC1(CC)CCCC1)C(=O)O. The highest BCUT2D eigenvalue weighted by atomic mass is 16.4. The number of carbonyl (C=O) groups is 1. The first-order chi connectivity index (χ1) is 7.13. The lowest BCUT2D eigenvalue weighted by molar-refractivity contribution is -0.139. The van der Waals surface area contributed by atoms with Crippen LogP contribution in [0.25, 0.3) is 0 Å². The molecule has 1 atom stereocenters. The number of carboxylic acids is 1. The van der Waals surface area contributed by atoms with E-state index in [9.17, 15) is 4.79 Å². The van der Waals surface area contributed by atoms with E-state index >= 15 is 0 Å². The number of hydrogen-bond donors (Lipinski definition) is 2. The molecule has 0 bridgehead atoms. The Balaban J connectivity index is 2.42. The third kappa shape index (κ3) is 3.20. The van der Waals surface area contributed by atoms with Crippen molar-refractivity contribution in [1.29, 1.82) is 0 Å². The predicted octanol–water partition coefficient (Wildman–Crippen LogP) is 2.41. The first kappa shape index (κ1) is 12.5. The zero-order valence-electron chi connectivity index (χ0n) is 9.88. The van der Waals surface area contributed by atoms with Crippen LogP contribution < -0.4 is 5.32 Å². The third-order valence-corrected chi connectivity index (χ3v) is 3.84. The van der Waals surface area contributed by atoms with E-state index in [1.54, 1.807) is 0 Å². The summed E-state index contributed by atoms with van der Waals surface area (Å²) in [6, 6.07) is -0.367. The van der Waals surface area contributed by atoms with Crippen LogP contribution in [0.5, 0.6) is 0 Å². The third-order valence-electron chi connectivity index (χ3n) is 3.84. The van der Waals surface area contributed by atoms with Gasteiger partial charge < -0.3 is 10.4 Å². The van der Waals surface area contributed by atoms with Crippen LogP contribution in [0.4, 0.5) is 0 Å². The van der Waals surface area contributed by atoms with Gasteiger partial charge in [-0.3, -0.25) is 4.79 Å². The molecule has 1 aliphatic carbocycles. The zero-order chi connectivity index (χ0) is 11.3. The maximum absolute atomic E-state index is 10.9. The zero-order valence-corrected chi connectivity index (χ0v) is 9.88. The second-order valence-corrected chi connectivity index (χ2v) is 4.74. The lowest BCUT2D eigenvalue weighted by Gasteiger charge is -2.29. The lowest BCUT2D eigenvalue weighted by Crippen LogP contribution is -2.42. The molecule has 88 valence electrons. The standard InChI is InChI=1S/C12H23NO2/c1-3-10(11(14)15)13-9-12(4-2)7-5-6-8-12/h10,13H,3-9H2,1-2H3,(H,14,15). The van der Waals surface area contributed by atoms with E-state index in [0.29, 0.717) is 11.8 Å². The Labute approximate surface area is 92.3 Å². The Morgan fingerprint density at radius 2 is 2.00 bits per heavy atom. The summed E-state index contributed by atoms with van der Waals surface area (Å²) in [5.74, 6) is -0.721. The molecule has 3 nitrogen and oxygen atoms in total. The largest absolute Gasteiger partial charge is 0.480 e. The van der Waals surface area contributed by atoms with Crippen molar-refractivity contribution in [1.82, 2.24) is 5.32 Å². The van der Waals surface area contributed by atoms with E-state index in [0.717, 1.165) is 13.0 Å². The number of rotatable bonds is 6. The van der Waals surface area contributed by atoms with Crippen LogP contribution in [-0.4, -0.2) is 23.7 Å². The van der Waals surface area contributed by atoms with Gasteiger partial charge in [0.25, 0.3) is 0 Å². The van der Waals surface area contributed by atoms with Crippen LogP contribution in [0.3, 0.4) is 0 Å². The summed E-state index contributed by atoms with van der Waals surface area (Å²) in [5, 5.41) is 12.1. The highest BCUT2D eigenvalue weighted by molar-refractivity contribution is 5.73. The lowest BCUT2D eigenvalue weighted by atomic mass is 9.83. The summed E-state index contributed by atoms with van der Waals surface area (Å²) in [5.41, 5.74) is 0.378. The molecule has 0 radical (unpaired) electrons. The molecular weight excluding hydrogens is 190 g/mol. The van der Waals surface area contributed by atoms with Crippen LogP contribution in [0.2, 0.25) is 0 Å². The molecule has 2 N–H and O–H groups in total. The van der Waals surface area contributed by atoms with Gasteiger partial charge in [0, 0.05) is 6.54 Å². The molecule has 1 aliphatic rings. The van der Waals surface area contributed by atoms with Crippen molar-refractivity contribution >= 4 is 5.97 Å². The van der Waals surface area contributed by atoms with Gasteiger partial charge in [-0.25, -0.2) is 0 Å². The number of aliphatic carboxylic acids is 1. The van der Waals surface area contributed by atoms with Crippen LogP contribution >= 0.6 is 0 Å². The molecule has 0 heterocycles. The first-order valence-corrected chi connectivity index (χ1v) is 6.10. The fraction of sp³-hybridized carbons (Fsp3) is 0.917. The maximum atomic E-state index is 10.9. The first-order valence-electron chi connectivity index (χ1n) is 6.10. The average molecular weight is 213 g/mol. The van der Waals surface area contributed by atoms with Gasteiger partial charge in [0.05, 0.1) is 0 Å². The molecule has 0 aromatic heterocycles. The van der Waals surface area contributed by atoms with Crippen molar-refractivity contribution in [2.75, 3.05) is 6.54 Å². The Morgan fingerprint density at radius 3 is 2.40 bits per heavy atom. The molecule has 0 spiro atoms. The second kappa shape index (κ2) is 5.50. The monoisotopic (exact) mass is 213 g/mol. The van der Waals surface area contributed by atoms with Crippen molar-refractivity contribution in [3.63, 3.8) is 0 Å². The van der Waals surface area contributed by atoms with E-state index in [-0.39, 0.29) is 6.04 Å². The van der Waals surface area contributed by atoms with Crippen LogP contribution in [0, 0.1) is 5.41 Å². The smallest absolute Gasteiger partial charge is 0.320 e. The normalized spacial score (nSPS) is 21.5. The Bertz CT molecular complexity index is 210. The summed E-state index contributed by atoms with van der Waals surface area (Å²) in [6.45, 7) is 5.00. The Hall–Kier alpha value is -0.570. The quantitative estimate of drug-likeness (QED) is 0.712. The number of hydrogen-bond acceptors (Lipinski definition) is 2. The summed E-state index contributed by atoms with van der Waals surface area (Å²) in [7, 11) is 0. The Kier molecular flexibility index (Phi) is 4.58. The van der Waals surface area contributed by atoms with Crippen molar-refractivity contribution in [3.8, 4) is 0 Å². The minimum atomic E-state index is -0.721. The molecule has 0 saturated heterocycles. The molecule has 1 saturated carbocycles. The molecule has 1 rings (SSSR count). The van der Waals surface area contributed by atoms with Crippen LogP contribution in [0.1, 0.15) is 52.4 Å². The van der Waals surface area contributed by atoms with Crippen molar-refractivity contribution in [3.05, 3.63) is 0 Å². The minimum absolute atomic E-state index is 0.367. The summed E-state index contributed by atoms with van der Waals surface area (Å²) in [6.07, 6.45) is 6.95. The fourth-order valence-corrected chi connectivity index (χ4v) is 2.53. The molecular formula is C12H23NO2. The number of carboxylic acid groups (broad SMARTS) is 1. The van der Waals surface area contributed by atoms with Gasteiger partial charge in [-0.1, -0.05) is 26.7 Å². The Morgan fingerprint density at radius 1 is 1.40 bits per heavy atom. The molecule has 0 aliphatic heterocycles. The summed E-state index contributed by atoms with van der Waals surface area (Å²) < 4.78 is 0. The predicted molar refractivity (Wildman–Crippen MR) is 60.9 cm³/mol. The molecule has 0 aromatic carbocycles. The molecule has 1 fully saturated rings. The minimum Gasteiger partial charge on any atom is -0.480 e. The van der Waals surface area contributed by atoms with Gasteiger partial charge in [0.15, 0.2) is 0 Å². The topological polar surface area (TPSA) is 49.3 Å². The van der Waals surface area contributed by atoms with E-state index < -0.39 is 5.97 Å². The molecule has 15 heavy (non-hydrogen) atoms. The van der Waals surface area contributed by atoms with E-state index in [1.165, 1.54) is 25.7 Å². The molecule has 0 amide bonds. The molecule has 0 aromatic rings. The van der Waals surface area contributed by atoms with Gasteiger partial charge in [0.2, 0.25) is 0 Å². The van der Waals surface area contributed by atoms with Gasteiger partial charge in [0.1, 0.15) is 6.04 Å². The fourth-order valence-electron chi connectivity index (χ4n) is 2.53. The van der Waals surface area contributed by atoms with Crippen LogP contribution in [0.15, 0.2) is 0 Å². The van der Waals surface area contributed by atoms with E-state index in [1.807, 2.05) is 6.92 Å². The second-order valence-electron chi connectivity index (χ2n) is 4.74. The van der Waals surface area contributed by atoms with Gasteiger partial charge >= 0.3 is 5.97 Å². The van der Waals surface area contributed by atoms with Crippen LogP contribution in [-0.2, 0) is 4.79 Å². The summed E-state index contributed by atoms with van der Waals surface area (Å²) >= 11 is 0. The highest BCUT2D eigenvalue weighted by Gasteiger charge is 2.32. The van der Waals surface area contributed by atoms with Gasteiger partial charge in [-0.05, 0) is 31.1 Å². The van der Waals surface area contributed by atoms with Gasteiger partial charge in [-0.2, -0.15) is 0 Å². The van der Waals surface area contributed by atoms with Crippen molar-refractivity contribution in [2.24, 2.45) is 5.41 Å². The van der Waals surface area contributed by atoms with Gasteiger partial charge in [-0.15, -0.1) is 0 Å². The average Bonchev–Trinajstić information content (AvgIpc) is 2.68. The van der Waals surface area contributed by atoms with E-state index in [4.69, 9.17) is 5.11 Å². The highest BCUT2D eigenvalue weighted by Crippen LogP contribution is 2.40. The molecule has 3 heteroatoms. The van der Waals surface area contributed by atoms with Crippen molar-refractivity contribution in [2.45, 2.75) is 58.4 Å². The molecule has 1 unspecified atom stereocenters. The summed E-state index contributed by atoms with van der Waals surface area (Å²) in [4.78, 5) is 10.9. The van der Waals surface area contributed by atoms with E-state index in [2.05, 4.69) is 12.2 Å². The van der Waals surface area contributed by atoms with Crippen molar-refractivity contribution < 1.29 is 9.90 Å². The number of nitrogens with one attached hydrogen (secondary N) is 1.